The van der Waals surface area contributed by atoms with Gasteiger partial charge in [-0.2, -0.15) is 0 Å². The molecular weight excluding hydrogens is 232 g/mol. The third-order valence-electron chi connectivity index (χ3n) is 2.59. The number of hydrogen-bond acceptors (Lipinski definition) is 3. The maximum Gasteiger partial charge on any atom is 0.245 e. The molecule has 0 aromatic heterocycles. The lowest BCUT2D eigenvalue weighted by atomic mass is 10.0. The summed E-state index contributed by atoms with van der Waals surface area (Å²) in [6.45, 7) is 2.05. The fourth-order valence-electron chi connectivity index (χ4n) is 1.60. The molecular formula is C14H12O2S. The molecule has 0 aliphatic rings. The largest absolute Gasteiger partial charge is 0.323 e. The van der Waals surface area contributed by atoms with Crippen LogP contribution in [0.4, 0.5) is 0 Å². The highest BCUT2D eigenvalue weighted by molar-refractivity contribution is 8.09. The summed E-state index contributed by atoms with van der Waals surface area (Å²) in [4.78, 5) is 11.2. The van der Waals surface area contributed by atoms with Gasteiger partial charge >= 0.3 is 0 Å². The number of benzene rings is 2. The van der Waals surface area contributed by atoms with Gasteiger partial charge in [0.15, 0.2) is 0 Å². The lowest BCUT2D eigenvalue weighted by Crippen LogP contribution is -1.91. The van der Waals surface area contributed by atoms with E-state index < -0.39 is 0 Å². The molecule has 2 rings (SSSR count). The van der Waals surface area contributed by atoms with Gasteiger partial charge in [-0.05, 0) is 30.2 Å². The molecule has 0 saturated carbocycles. The van der Waals surface area contributed by atoms with Gasteiger partial charge in [0.2, 0.25) is 5.12 Å². The molecule has 0 aliphatic carbocycles. The molecule has 0 amide bonds. The lowest BCUT2D eigenvalue weighted by Gasteiger charge is -2.03. The predicted molar refractivity (Wildman–Crippen MR) is 71.2 cm³/mol. The van der Waals surface area contributed by atoms with Crippen LogP contribution >= 0.6 is 12.0 Å². The minimum absolute atomic E-state index is 0.243. The zero-order valence-corrected chi connectivity index (χ0v) is 10.2. The molecule has 0 aliphatic heterocycles. The lowest BCUT2D eigenvalue weighted by molar-refractivity contribution is 0.108. The van der Waals surface area contributed by atoms with E-state index in [2.05, 4.69) is 12.1 Å². The fourth-order valence-corrected chi connectivity index (χ4v) is 1.84. The van der Waals surface area contributed by atoms with E-state index >= 15 is 0 Å². The Balaban J connectivity index is 2.29. The van der Waals surface area contributed by atoms with Crippen molar-refractivity contribution in [2.45, 2.75) is 6.92 Å². The molecule has 2 nitrogen and oxygen atoms in total. The molecule has 0 unspecified atom stereocenters. The van der Waals surface area contributed by atoms with Crippen LogP contribution in [0.3, 0.4) is 0 Å². The second-order valence-electron chi connectivity index (χ2n) is 3.82. The van der Waals surface area contributed by atoms with Gasteiger partial charge in [-0.15, -0.1) is 0 Å². The van der Waals surface area contributed by atoms with Gasteiger partial charge in [0.25, 0.3) is 0 Å². The van der Waals surface area contributed by atoms with E-state index in [1.54, 1.807) is 12.1 Å². The standard InChI is InChI=1S/C14H12O2S/c1-10-2-4-11(5-3-10)12-6-8-13(9-7-12)14(15)17-16/h2-9,16H,1H3. The minimum Gasteiger partial charge on any atom is -0.323 e. The first-order chi connectivity index (χ1) is 8.20. The van der Waals surface area contributed by atoms with Crippen LogP contribution in [0.15, 0.2) is 48.5 Å². The van der Waals surface area contributed by atoms with Crippen LogP contribution in [0.1, 0.15) is 15.9 Å². The van der Waals surface area contributed by atoms with E-state index in [0.717, 1.165) is 11.1 Å². The molecule has 17 heavy (non-hydrogen) atoms. The number of hydrogen-bond donors (Lipinski definition) is 1. The average Bonchev–Trinajstić information content (AvgIpc) is 2.39. The Morgan fingerprint density at radius 1 is 0.941 bits per heavy atom. The quantitative estimate of drug-likeness (QED) is 0.811. The van der Waals surface area contributed by atoms with E-state index in [4.69, 9.17) is 4.55 Å². The van der Waals surface area contributed by atoms with Gasteiger partial charge in [-0.25, -0.2) is 0 Å². The average molecular weight is 244 g/mol. The van der Waals surface area contributed by atoms with Crippen molar-refractivity contribution in [3.8, 4) is 11.1 Å². The summed E-state index contributed by atoms with van der Waals surface area (Å²) in [6, 6.07) is 15.4. The topological polar surface area (TPSA) is 37.3 Å². The Morgan fingerprint density at radius 3 is 1.88 bits per heavy atom. The molecule has 86 valence electrons. The first-order valence-corrected chi connectivity index (χ1v) is 6.01. The summed E-state index contributed by atoms with van der Waals surface area (Å²) in [5.74, 6) is 0. The van der Waals surface area contributed by atoms with Gasteiger partial charge in [-0.1, -0.05) is 42.0 Å². The van der Waals surface area contributed by atoms with Crippen molar-refractivity contribution in [1.82, 2.24) is 0 Å². The molecule has 0 fully saturated rings. The van der Waals surface area contributed by atoms with Gasteiger partial charge in [0, 0.05) is 5.56 Å². The van der Waals surface area contributed by atoms with Crippen molar-refractivity contribution in [1.29, 1.82) is 0 Å². The molecule has 2 aromatic carbocycles. The number of rotatable bonds is 2. The molecule has 0 atom stereocenters. The summed E-state index contributed by atoms with van der Waals surface area (Å²) < 4.78 is 8.67. The smallest absolute Gasteiger partial charge is 0.245 e. The van der Waals surface area contributed by atoms with Crippen molar-refractivity contribution in [2.75, 3.05) is 0 Å². The third kappa shape index (κ3) is 2.75. The highest BCUT2D eigenvalue weighted by atomic mass is 32.2. The van der Waals surface area contributed by atoms with E-state index in [-0.39, 0.29) is 17.2 Å². The Kier molecular flexibility index (Phi) is 3.61. The van der Waals surface area contributed by atoms with Gasteiger partial charge in [0.1, 0.15) is 0 Å². The summed E-state index contributed by atoms with van der Waals surface area (Å²) in [5.41, 5.74) is 3.90. The SMILES string of the molecule is Cc1ccc(-c2ccc(C(=O)SO)cc2)cc1. The third-order valence-corrected chi connectivity index (χ3v) is 2.99. The first-order valence-electron chi connectivity index (χ1n) is 5.23. The van der Waals surface area contributed by atoms with E-state index in [1.165, 1.54) is 5.56 Å². The van der Waals surface area contributed by atoms with Crippen LogP contribution < -0.4 is 0 Å². The number of carbonyl (C=O) groups is 1. The van der Waals surface area contributed by atoms with Crippen LogP contribution in [0.5, 0.6) is 0 Å². The van der Waals surface area contributed by atoms with Crippen molar-refractivity contribution in [3.05, 3.63) is 59.7 Å². The minimum atomic E-state index is -0.333. The molecule has 0 radical (unpaired) electrons. The second kappa shape index (κ2) is 5.17. The van der Waals surface area contributed by atoms with E-state index in [9.17, 15) is 4.79 Å². The maximum absolute atomic E-state index is 11.2. The van der Waals surface area contributed by atoms with Crippen molar-refractivity contribution < 1.29 is 9.35 Å². The molecule has 0 spiro atoms. The summed E-state index contributed by atoms with van der Waals surface area (Å²) in [6.07, 6.45) is 0. The normalized spacial score (nSPS) is 10.2. The molecule has 2 aromatic rings. The Hall–Kier alpha value is -1.58. The first kappa shape index (κ1) is 11.9. The molecule has 1 N–H and O–H groups in total. The van der Waals surface area contributed by atoms with Crippen molar-refractivity contribution in [2.24, 2.45) is 0 Å². The monoisotopic (exact) mass is 244 g/mol. The van der Waals surface area contributed by atoms with Crippen molar-refractivity contribution in [3.63, 3.8) is 0 Å². The Bertz CT molecular complexity index is 515. The zero-order valence-electron chi connectivity index (χ0n) is 9.38. The van der Waals surface area contributed by atoms with Gasteiger partial charge < -0.3 is 4.55 Å². The van der Waals surface area contributed by atoms with Crippen LogP contribution in [-0.2, 0) is 0 Å². The zero-order chi connectivity index (χ0) is 12.3. The van der Waals surface area contributed by atoms with Crippen LogP contribution in [0, 0.1) is 6.92 Å². The predicted octanol–water partition coefficient (Wildman–Crippen LogP) is 4.01. The molecule has 3 heteroatoms. The maximum atomic E-state index is 11.2. The molecule has 0 saturated heterocycles. The highest BCUT2D eigenvalue weighted by Crippen LogP contribution is 2.21. The molecule has 0 heterocycles. The summed E-state index contributed by atoms with van der Waals surface area (Å²) in [7, 11) is 0. The van der Waals surface area contributed by atoms with Gasteiger partial charge in [0.05, 0.1) is 12.0 Å². The second-order valence-corrected chi connectivity index (χ2v) is 4.38. The Morgan fingerprint density at radius 2 is 1.41 bits per heavy atom. The van der Waals surface area contributed by atoms with Crippen LogP contribution in [0.25, 0.3) is 11.1 Å². The van der Waals surface area contributed by atoms with Crippen molar-refractivity contribution >= 4 is 17.2 Å². The summed E-state index contributed by atoms with van der Waals surface area (Å²) in [5, 5.41) is -0.333. The van der Waals surface area contributed by atoms with E-state index in [0.29, 0.717) is 5.56 Å². The Labute approximate surface area is 105 Å². The molecule has 0 bridgehead atoms. The summed E-state index contributed by atoms with van der Waals surface area (Å²) >= 11 is 0.243. The number of aryl methyl sites for hydroxylation is 1. The number of carbonyl (C=O) groups excluding carboxylic acids is 1. The highest BCUT2D eigenvalue weighted by Gasteiger charge is 2.05. The van der Waals surface area contributed by atoms with Crippen LogP contribution in [0.2, 0.25) is 0 Å². The fraction of sp³-hybridized carbons (Fsp3) is 0.0714. The van der Waals surface area contributed by atoms with Crippen LogP contribution in [-0.4, -0.2) is 9.67 Å². The van der Waals surface area contributed by atoms with E-state index in [1.807, 2.05) is 31.2 Å². The van der Waals surface area contributed by atoms with Gasteiger partial charge in [-0.3, -0.25) is 4.79 Å².